The van der Waals surface area contributed by atoms with Crippen molar-refractivity contribution in [3.8, 4) is 0 Å². The van der Waals surface area contributed by atoms with Crippen molar-refractivity contribution in [2.24, 2.45) is 0 Å². The summed E-state index contributed by atoms with van der Waals surface area (Å²) in [4.78, 5) is 6.80. The lowest BCUT2D eigenvalue weighted by molar-refractivity contribution is 0.563. The summed E-state index contributed by atoms with van der Waals surface area (Å²) in [6.45, 7) is 7.46. The summed E-state index contributed by atoms with van der Waals surface area (Å²) in [5.41, 5.74) is 5.77. The van der Waals surface area contributed by atoms with Crippen molar-refractivity contribution in [1.29, 1.82) is 0 Å². The van der Waals surface area contributed by atoms with Crippen molar-refractivity contribution < 1.29 is 0 Å². The van der Waals surface area contributed by atoms with E-state index < -0.39 is 0 Å². The standard InChI is InChI=1S/C22H23ClN4S/c1-4-26-14(2)13-18(15(26)3)21-20(19-7-5-6-12-24-19)25-22(28)27(21)17-10-8-16(23)9-11-17/h5-13,20-21H,4H2,1-3H3,(H,25,28). The van der Waals surface area contributed by atoms with Gasteiger partial charge in [-0.2, -0.15) is 0 Å². The lowest BCUT2D eigenvalue weighted by Gasteiger charge is -2.28. The predicted molar refractivity (Wildman–Crippen MR) is 119 cm³/mol. The molecule has 2 unspecified atom stereocenters. The van der Waals surface area contributed by atoms with Crippen LogP contribution >= 0.6 is 23.8 Å². The minimum Gasteiger partial charge on any atom is -0.351 e. The van der Waals surface area contributed by atoms with E-state index in [-0.39, 0.29) is 12.1 Å². The molecule has 1 fully saturated rings. The van der Waals surface area contributed by atoms with Crippen LogP contribution in [0.15, 0.2) is 54.7 Å². The van der Waals surface area contributed by atoms with Gasteiger partial charge in [0.1, 0.15) is 0 Å². The number of benzene rings is 1. The zero-order valence-electron chi connectivity index (χ0n) is 16.2. The topological polar surface area (TPSA) is 33.1 Å². The number of hydrogen-bond acceptors (Lipinski definition) is 2. The van der Waals surface area contributed by atoms with Gasteiger partial charge in [0.05, 0.1) is 17.8 Å². The van der Waals surface area contributed by atoms with E-state index in [0.717, 1.165) is 17.9 Å². The van der Waals surface area contributed by atoms with Gasteiger partial charge in [0.15, 0.2) is 5.11 Å². The minimum absolute atomic E-state index is 0.00933. The number of halogens is 1. The molecular weight excluding hydrogens is 388 g/mol. The fourth-order valence-corrected chi connectivity index (χ4v) is 4.64. The molecule has 3 aromatic rings. The van der Waals surface area contributed by atoms with E-state index in [1.165, 1.54) is 17.0 Å². The first-order chi connectivity index (χ1) is 13.5. The third kappa shape index (κ3) is 3.19. The maximum Gasteiger partial charge on any atom is 0.174 e. The number of thiocarbonyl (C=S) groups is 1. The van der Waals surface area contributed by atoms with Crippen molar-refractivity contribution in [1.82, 2.24) is 14.9 Å². The number of anilines is 1. The lowest BCUT2D eigenvalue weighted by Crippen LogP contribution is -2.29. The second-order valence-electron chi connectivity index (χ2n) is 7.04. The van der Waals surface area contributed by atoms with Crippen LogP contribution in [0, 0.1) is 13.8 Å². The Morgan fingerprint density at radius 1 is 1.14 bits per heavy atom. The van der Waals surface area contributed by atoms with Crippen molar-refractivity contribution in [2.45, 2.75) is 39.4 Å². The smallest absolute Gasteiger partial charge is 0.174 e. The zero-order valence-corrected chi connectivity index (χ0v) is 17.8. The van der Waals surface area contributed by atoms with E-state index in [1.54, 1.807) is 0 Å². The van der Waals surface area contributed by atoms with Crippen LogP contribution in [0.5, 0.6) is 0 Å². The normalized spacial score (nSPS) is 19.1. The van der Waals surface area contributed by atoms with Gasteiger partial charge in [-0.25, -0.2) is 0 Å². The van der Waals surface area contributed by atoms with Gasteiger partial charge in [-0.1, -0.05) is 17.7 Å². The maximum atomic E-state index is 6.12. The highest BCUT2D eigenvalue weighted by atomic mass is 35.5. The molecule has 1 aliphatic rings. The minimum atomic E-state index is -0.0322. The second-order valence-corrected chi connectivity index (χ2v) is 7.87. The number of hydrogen-bond donors (Lipinski definition) is 1. The zero-order chi connectivity index (χ0) is 19.8. The van der Waals surface area contributed by atoms with Crippen LogP contribution in [-0.2, 0) is 6.54 Å². The summed E-state index contributed by atoms with van der Waals surface area (Å²) in [5.74, 6) is 0. The molecule has 3 heterocycles. The molecular formula is C22H23ClN4S. The Bertz CT molecular complexity index is 997. The Morgan fingerprint density at radius 3 is 2.50 bits per heavy atom. The average Bonchev–Trinajstić information content (AvgIpc) is 3.18. The van der Waals surface area contributed by atoms with E-state index in [4.69, 9.17) is 23.8 Å². The molecule has 2 atom stereocenters. The summed E-state index contributed by atoms with van der Waals surface area (Å²) in [6, 6.07) is 16.1. The Morgan fingerprint density at radius 2 is 1.89 bits per heavy atom. The highest BCUT2D eigenvalue weighted by Gasteiger charge is 2.42. The molecule has 1 saturated heterocycles. The third-order valence-electron chi connectivity index (χ3n) is 5.45. The highest BCUT2D eigenvalue weighted by molar-refractivity contribution is 7.80. The molecule has 1 aromatic carbocycles. The molecule has 1 aliphatic heterocycles. The monoisotopic (exact) mass is 410 g/mol. The molecule has 144 valence electrons. The molecule has 6 heteroatoms. The number of nitrogens with zero attached hydrogens (tertiary/aromatic N) is 3. The quantitative estimate of drug-likeness (QED) is 0.587. The number of aryl methyl sites for hydroxylation is 1. The van der Waals surface area contributed by atoms with Gasteiger partial charge in [-0.15, -0.1) is 0 Å². The van der Waals surface area contributed by atoms with Gasteiger partial charge in [-0.05, 0) is 81.0 Å². The van der Waals surface area contributed by atoms with Gasteiger partial charge in [-0.3, -0.25) is 4.98 Å². The van der Waals surface area contributed by atoms with Gasteiger partial charge in [0.25, 0.3) is 0 Å². The van der Waals surface area contributed by atoms with Crippen LogP contribution < -0.4 is 10.2 Å². The summed E-state index contributed by atoms with van der Waals surface area (Å²) in [5, 5.41) is 4.92. The Hall–Kier alpha value is -2.37. The van der Waals surface area contributed by atoms with Crippen LogP contribution in [0.2, 0.25) is 5.02 Å². The fourth-order valence-electron chi connectivity index (χ4n) is 4.16. The first kappa shape index (κ1) is 19.0. The van der Waals surface area contributed by atoms with E-state index >= 15 is 0 Å². The second kappa shape index (κ2) is 7.57. The van der Waals surface area contributed by atoms with Gasteiger partial charge >= 0.3 is 0 Å². The van der Waals surface area contributed by atoms with E-state index in [2.05, 4.69) is 52.7 Å². The number of aromatic nitrogens is 2. The van der Waals surface area contributed by atoms with Crippen molar-refractivity contribution >= 4 is 34.6 Å². The molecule has 28 heavy (non-hydrogen) atoms. The van der Waals surface area contributed by atoms with Gasteiger partial charge < -0.3 is 14.8 Å². The van der Waals surface area contributed by atoms with Crippen molar-refractivity contribution in [3.63, 3.8) is 0 Å². The van der Waals surface area contributed by atoms with Crippen LogP contribution in [0.3, 0.4) is 0 Å². The fraction of sp³-hybridized carbons (Fsp3) is 0.273. The highest BCUT2D eigenvalue weighted by Crippen LogP contribution is 2.43. The lowest BCUT2D eigenvalue weighted by atomic mass is 9.96. The Kier molecular flexibility index (Phi) is 5.13. The van der Waals surface area contributed by atoms with Crippen LogP contribution in [0.4, 0.5) is 5.69 Å². The third-order valence-corrected chi connectivity index (χ3v) is 6.02. The number of nitrogens with one attached hydrogen (secondary N) is 1. The molecule has 1 N–H and O–H groups in total. The molecule has 4 rings (SSSR count). The summed E-state index contributed by atoms with van der Waals surface area (Å²) < 4.78 is 2.34. The summed E-state index contributed by atoms with van der Waals surface area (Å²) in [7, 11) is 0. The SMILES string of the molecule is CCn1c(C)cc(C2C(c3ccccn3)NC(=S)N2c2ccc(Cl)cc2)c1C. The van der Waals surface area contributed by atoms with Crippen LogP contribution in [-0.4, -0.2) is 14.7 Å². The van der Waals surface area contributed by atoms with Crippen LogP contribution in [0.25, 0.3) is 0 Å². The number of rotatable bonds is 4. The molecule has 0 saturated carbocycles. The molecule has 4 nitrogen and oxygen atoms in total. The average molecular weight is 411 g/mol. The first-order valence-electron chi connectivity index (χ1n) is 9.44. The van der Waals surface area contributed by atoms with Crippen molar-refractivity contribution in [3.05, 3.63) is 82.4 Å². The van der Waals surface area contributed by atoms with Gasteiger partial charge in [0, 0.05) is 34.8 Å². The molecule has 0 aliphatic carbocycles. The first-order valence-corrected chi connectivity index (χ1v) is 10.2. The molecule has 0 spiro atoms. The van der Waals surface area contributed by atoms with E-state index in [9.17, 15) is 0 Å². The summed E-state index contributed by atoms with van der Waals surface area (Å²) >= 11 is 11.9. The van der Waals surface area contributed by atoms with Crippen LogP contribution in [0.1, 0.15) is 41.7 Å². The van der Waals surface area contributed by atoms with E-state index in [0.29, 0.717) is 10.1 Å². The molecule has 2 aromatic heterocycles. The largest absolute Gasteiger partial charge is 0.351 e. The maximum absolute atomic E-state index is 6.12. The molecule has 0 radical (unpaired) electrons. The van der Waals surface area contributed by atoms with E-state index in [1.807, 2.05) is 42.6 Å². The molecule has 0 bridgehead atoms. The van der Waals surface area contributed by atoms with Gasteiger partial charge in [0.2, 0.25) is 0 Å². The molecule has 0 amide bonds. The predicted octanol–water partition coefficient (Wildman–Crippen LogP) is 5.35. The Balaban J connectivity index is 1.88. The Labute approximate surface area is 176 Å². The summed E-state index contributed by atoms with van der Waals surface area (Å²) in [6.07, 6.45) is 1.83. The van der Waals surface area contributed by atoms with Crippen molar-refractivity contribution in [2.75, 3.05) is 4.90 Å². The number of pyridine rings is 1.